The number of hydrogen-bond acceptors (Lipinski definition) is 4. The fraction of sp³-hybridized carbons (Fsp3) is 0.318. The molecule has 1 amide bonds. The number of fused-ring (bicyclic) bond motifs is 1. The molecule has 1 aliphatic heterocycles. The van der Waals surface area contributed by atoms with Crippen molar-refractivity contribution in [1.29, 1.82) is 0 Å². The first kappa shape index (κ1) is 18.2. The van der Waals surface area contributed by atoms with Crippen LogP contribution < -0.4 is 5.32 Å². The maximum atomic E-state index is 12.8. The van der Waals surface area contributed by atoms with E-state index in [1.54, 1.807) is 11.3 Å². The minimum atomic E-state index is -0.00453. The van der Waals surface area contributed by atoms with Gasteiger partial charge < -0.3 is 10.2 Å². The number of thiophene rings is 1. The van der Waals surface area contributed by atoms with Crippen LogP contribution in [0.2, 0.25) is 0 Å². The van der Waals surface area contributed by atoms with Crippen molar-refractivity contribution in [2.24, 2.45) is 0 Å². The second-order valence-corrected chi connectivity index (χ2v) is 7.96. The van der Waals surface area contributed by atoms with Gasteiger partial charge in [-0.15, -0.1) is 0 Å². The highest BCUT2D eigenvalue weighted by atomic mass is 32.1. The molecule has 1 aromatic heterocycles. The summed E-state index contributed by atoms with van der Waals surface area (Å²) in [5, 5.41) is 9.74. The van der Waals surface area contributed by atoms with Gasteiger partial charge in [0.15, 0.2) is 0 Å². The maximum absolute atomic E-state index is 12.8. The van der Waals surface area contributed by atoms with Gasteiger partial charge in [0.25, 0.3) is 5.91 Å². The van der Waals surface area contributed by atoms with Gasteiger partial charge in [-0.1, -0.05) is 30.3 Å². The monoisotopic (exact) mass is 379 g/mol. The van der Waals surface area contributed by atoms with Gasteiger partial charge in [-0.2, -0.15) is 11.3 Å². The van der Waals surface area contributed by atoms with E-state index in [2.05, 4.69) is 45.1 Å². The Hall–Kier alpha value is -2.21. The van der Waals surface area contributed by atoms with Crippen molar-refractivity contribution < 1.29 is 4.79 Å². The number of piperazine rings is 1. The molecule has 0 radical (unpaired) electrons. The highest BCUT2D eigenvalue weighted by Crippen LogP contribution is 2.24. The van der Waals surface area contributed by atoms with Crippen molar-refractivity contribution in [3.05, 3.63) is 70.4 Å². The van der Waals surface area contributed by atoms with Gasteiger partial charge in [-0.3, -0.25) is 9.69 Å². The molecule has 1 saturated heterocycles. The van der Waals surface area contributed by atoms with Crippen molar-refractivity contribution in [2.75, 3.05) is 39.8 Å². The quantitative estimate of drug-likeness (QED) is 0.735. The summed E-state index contributed by atoms with van der Waals surface area (Å²) in [5.41, 5.74) is 2.01. The lowest BCUT2D eigenvalue weighted by molar-refractivity contribution is 0.0887. The van der Waals surface area contributed by atoms with Crippen LogP contribution in [-0.2, 0) is 0 Å². The van der Waals surface area contributed by atoms with Crippen molar-refractivity contribution >= 4 is 28.0 Å². The second kappa shape index (κ2) is 8.21. The Bertz CT molecular complexity index is 901. The average molecular weight is 380 g/mol. The lowest BCUT2D eigenvalue weighted by Gasteiger charge is -2.38. The molecule has 0 saturated carbocycles. The first-order valence-corrected chi connectivity index (χ1v) is 10.4. The number of benzene rings is 2. The molecule has 1 fully saturated rings. The molecule has 140 valence electrons. The van der Waals surface area contributed by atoms with E-state index in [4.69, 9.17) is 0 Å². The average Bonchev–Trinajstić information content (AvgIpc) is 3.23. The van der Waals surface area contributed by atoms with E-state index in [0.29, 0.717) is 6.54 Å². The summed E-state index contributed by atoms with van der Waals surface area (Å²) in [6, 6.07) is 16.4. The molecule has 0 aliphatic carbocycles. The van der Waals surface area contributed by atoms with E-state index >= 15 is 0 Å². The van der Waals surface area contributed by atoms with E-state index in [9.17, 15) is 4.79 Å². The van der Waals surface area contributed by atoms with Crippen LogP contribution in [0.3, 0.4) is 0 Å². The molecule has 4 nitrogen and oxygen atoms in total. The Kier molecular flexibility index (Phi) is 5.53. The molecule has 4 rings (SSSR count). The van der Waals surface area contributed by atoms with E-state index in [0.717, 1.165) is 42.5 Å². The Morgan fingerprint density at radius 2 is 1.85 bits per heavy atom. The van der Waals surface area contributed by atoms with Gasteiger partial charge >= 0.3 is 0 Å². The van der Waals surface area contributed by atoms with Gasteiger partial charge in [0.05, 0.1) is 6.04 Å². The van der Waals surface area contributed by atoms with E-state index in [1.807, 2.05) is 36.4 Å². The smallest absolute Gasteiger partial charge is 0.251 e. The predicted molar refractivity (Wildman–Crippen MR) is 112 cm³/mol. The zero-order chi connectivity index (χ0) is 18.6. The molecule has 2 aromatic carbocycles. The number of nitrogens with zero attached hydrogens (tertiary/aromatic N) is 2. The molecule has 1 N–H and O–H groups in total. The first-order chi connectivity index (χ1) is 13.2. The number of hydrogen-bond donors (Lipinski definition) is 1. The third-order valence-corrected chi connectivity index (χ3v) is 6.08. The summed E-state index contributed by atoms with van der Waals surface area (Å²) in [6.07, 6.45) is 0. The zero-order valence-corrected chi connectivity index (χ0v) is 16.4. The van der Waals surface area contributed by atoms with E-state index in [-0.39, 0.29) is 11.9 Å². The van der Waals surface area contributed by atoms with Crippen molar-refractivity contribution in [2.45, 2.75) is 6.04 Å². The lowest BCUT2D eigenvalue weighted by atomic mass is 10.1. The molecule has 0 unspecified atom stereocenters. The van der Waals surface area contributed by atoms with Gasteiger partial charge in [-0.05, 0) is 52.3 Å². The van der Waals surface area contributed by atoms with Crippen LogP contribution in [0.15, 0.2) is 59.3 Å². The molecule has 27 heavy (non-hydrogen) atoms. The van der Waals surface area contributed by atoms with Gasteiger partial charge in [0.1, 0.15) is 0 Å². The van der Waals surface area contributed by atoms with Crippen molar-refractivity contribution in [3.8, 4) is 0 Å². The molecule has 0 spiro atoms. The summed E-state index contributed by atoms with van der Waals surface area (Å²) in [6.45, 7) is 4.83. The fourth-order valence-electron chi connectivity index (χ4n) is 3.68. The molecule has 0 bridgehead atoms. The molecule has 1 aliphatic rings. The fourth-order valence-corrected chi connectivity index (χ4v) is 4.39. The standard InChI is InChI=1S/C22H25N3OS/c1-24-9-11-25(12-10-24)21(20-8-13-27-16-20)15-23-22(26)19-7-6-17-4-2-3-5-18(17)14-19/h2-8,13-14,16,21H,9-12,15H2,1H3,(H,23,26)/t21-/m0/s1. The van der Waals surface area contributed by atoms with Crippen LogP contribution in [0.5, 0.6) is 0 Å². The van der Waals surface area contributed by atoms with Crippen LogP contribution in [0.4, 0.5) is 0 Å². The highest BCUT2D eigenvalue weighted by Gasteiger charge is 2.24. The summed E-state index contributed by atoms with van der Waals surface area (Å²) in [4.78, 5) is 17.6. The number of amides is 1. The Balaban J connectivity index is 1.47. The van der Waals surface area contributed by atoms with Crippen LogP contribution in [0.1, 0.15) is 22.0 Å². The number of carbonyl (C=O) groups is 1. The van der Waals surface area contributed by atoms with Crippen LogP contribution in [0, 0.1) is 0 Å². The molecule has 5 heteroatoms. The topological polar surface area (TPSA) is 35.6 Å². The normalized spacial score (nSPS) is 17.1. The Morgan fingerprint density at radius 1 is 1.07 bits per heavy atom. The second-order valence-electron chi connectivity index (χ2n) is 7.18. The largest absolute Gasteiger partial charge is 0.350 e. The number of carbonyl (C=O) groups excluding carboxylic acids is 1. The molecular weight excluding hydrogens is 354 g/mol. The lowest BCUT2D eigenvalue weighted by Crippen LogP contribution is -2.48. The predicted octanol–water partition coefficient (Wildman–Crippen LogP) is 3.62. The van der Waals surface area contributed by atoms with Crippen molar-refractivity contribution in [1.82, 2.24) is 15.1 Å². The molecule has 3 aromatic rings. The third-order valence-electron chi connectivity index (χ3n) is 5.37. The van der Waals surface area contributed by atoms with Gasteiger partial charge in [0, 0.05) is 38.3 Å². The first-order valence-electron chi connectivity index (χ1n) is 9.42. The Morgan fingerprint density at radius 3 is 2.59 bits per heavy atom. The van der Waals surface area contributed by atoms with Crippen LogP contribution >= 0.6 is 11.3 Å². The number of likely N-dealkylation sites (N-methyl/N-ethyl adjacent to an activating group) is 1. The van der Waals surface area contributed by atoms with Crippen LogP contribution in [0.25, 0.3) is 10.8 Å². The molecular formula is C22H25N3OS. The van der Waals surface area contributed by atoms with Crippen LogP contribution in [-0.4, -0.2) is 55.5 Å². The van der Waals surface area contributed by atoms with Gasteiger partial charge in [-0.25, -0.2) is 0 Å². The summed E-state index contributed by atoms with van der Waals surface area (Å²) < 4.78 is 0. The minimum Gasteiger partial charge on any atom is -0.350 e. The summed E-state index contributed by atoms with van der Waals surface area (Å²) in [5.74, 6) is -0.00453. The zero-order valence-electron chi connectivity index (χ0n) is 15.6. The SMILES string of the molecule is CN1CCN([C@@H](CNC(=O)c2ccc3ccccc3c2)c2ccsc2)CC1. The van der Waals surface area contributed by atoms with Gasteiger partial charge in [0.2, 0.25) is 0 Å². The number of rotatable bonds is 5. The maximum Gasteiger partial charge on any atom is 0.251 e. The highest BCUT2D eigenvalue weighted by molar-refractivity contribution is 7.07. The molecule has 2 heterocycles. The summed E-state index contributed by atoms with van der Waals surface area (Å²) >= 11 is 1.71. The third kappa shape index (κ3) is 4.21. The van der Waals surface area contributed by atoms with E-state index in [1.165, 1.54) is 5.56 Å². The van der Waals surface area contributed by atoms with Crippen molar-refractivity contribution in [3.63, 3.8) is 0 Å². The Labute approximate surface area is 164 Å². The van der Waals surface area contributed by atoms with E-state index < -0.39 is 0 Å². The number of nitrogens with one attached hydrogen (secondary N) is 1. The minimum absolute atomic E-state index is 0.00453. The molecule has 1 atom stereocenters. The summed E-state index contributed by atoms with van der Waals surface area (Å²) in [7, 11) is 2.17.